The molecule has 248 valence electrons. The summed E-state index contributed by atoms with van der Waals surface area (Å²) < 4.78 is 6.61. The molecule has 3 aromatic heterocycles. The fraction of sp³-hybridized carbons (Fsp3) is 0.265. The van der Waals surface area contributed by atoms with Crippen LogP contribution in [-0.4, -0.2) is 58.2 Å². The van der Waals surface area contributed by atoms with Crippen LogP contribution in [-0.2, 0) is 22.7 Å². The van der Waals surface area contributed by atoms with E-state index in [-0.39, 0.29) is 18.5 Å². The Balaban J connectivity index is 1.25. The predicted molar refractivity (Wildman–Crippen MR) is 189 cm³/mol. The molecule has 5 N–H and O–H groups in total. The quantitative estimate of drug-likeness (QED) is 0.0940. The number of methoxy groups -OCH3 is 1. The molecule has 0 bridgehead atoms. The van der Waals surface area contributed by atoms with Crippen molar-refractivity contribution in [2.75, 3.05) is 25.5 Å². The number of carbonyl (C=O) groups excluding carboxylic acids is 1. The molecule has 14 heteroatoms. The van der Waals surface area contributed by atoms with E-state index in [1.54, 1.807) is 13.3 Å². The maximum atomic E-state index is 11.5. The third kappa shape index (κ3) is 7.38. The highest BCUT2D eigenvalue weighted by molar-refractivity contribution is 7.18. The van der Waals surface area contributed by atoms with Gasteiger partial charge >= 0.3 is 5.97 Å². The fourth-order valence-corrected chi connectivity index (χ4v) is 7.17. The van der Waals surface area contributed by atoms with Gasteiger partial charge in [0.1, 0.15) is 10.5 Å². The molecule has 1 amide bonds. The first-order valence-electron chi connectivity index (χ1n) is 15.3. The van der Waals surface area contributed by atoms with Gasteiger partial charge in [0.05, 0.1) is 39.8 Å². The maximum Gasteiger partial charge on any atom is 0.317 e. The van der Waals surface area contributed by atoms with E-state index in [9.17, 15) is 9.59 Å². The number of carboxylic acid groups (broad SMARTS) is 1. The van der Waals surface area contributed by atoms with Gasteiger partial charge in [0, 0.05) is 60.5 Å². The molecule has 0 spiro atoms. The van der Waals surface area contributed by atoms with Crippen molar-refractivity contribution in [1.82, 2.24) is 30.9 Å². The van der Waals surface area contributed by atoms with E-state index >= 15 is 0 Å². The number of aliphatic carboxylic acids is 1. The molecule has 0 saturated carbocycles. The molecule has 1 atom stereocenters. The van der Waals surface area contributed by atoms with E-state index in [0.29, 0.717) is 64.7 Å². The summed E-state index contributed by atoms with van der Waals surface area (Å²) in [5.74, 6) is 0.195. The Morgan fingerprint density at radius 1 is 1.06 bits per heavy atom. The normalized spacial score (nSPS) is 14.3. The van der Waals surface area contributed by atoms with Gasteiger partial charge in [0.2, 0.25) is 11.8 Å². The van der Waals surface area contributed by atoms with Crippen LogP contribution in [0.5, 0.6) is 5.88 Å². The number of nitrogens with one attached hydrogen (secondary N) is 4. The van der Waals surface area contributed by atoms with Crippen LogP contribution >= 0.6 is 34.5 Å². The lowest BCUT2D eigenvalue weighted by Crippen LogP contribution is -2.35. The van der Waals surface area contributed by atoms with E-state index in [0.717, 1.165) is 43.9 Å². The number of hydrogen-bond donors (Lipinski definition) is 5. The van der Waals surface area contributed by atoms with Crippen molar-refractivity contribution in [2.24, 2.45) is 0 Å². The third-order valence-electron chi connectivity index (χ3n) is 8.00. The third-order valence-corrected chi connectivity index (χ3v) is 9.84. The Morgan fingerprint density at radius 2 is 1.83 bits per heavy atom. The number of carbonyl (C=O) groups is 2. The number of halogens is 2. The van der Waals surface area contributed by atoms with Crippen molar-refractivity contribution in [1.29, 1.82) is 0 Å². The number of thiazole rings is 1. The van der Waals surface area contributed by atoms with Gasteiger partial charge in [0.15, 0.2) is 5.82 Å². The van der Waals surface area contributed by atoms with E-state index in [1.165, 1.54) is 11.3 Å². The minimum Gasteiger partial charge on any atom is -0.481 e. The van der Waals surface area contributed by atoms with Crippen LogP contribution in [0.1, 0.15) is 29.0 Å². The van der Waals surface area contributed by atoms with Gasteiger partial charge in [-0.25, -0.2) is 15.0 Å². The summed E-state index contributed by atoms with van der Waals surface area (Å²) in [4.78, 5) is 36.4. The molecular formula is C34H33Cl2N7O4S. The van der Waals surface area contributed by atoms with Gasteiger partial charge in [-0.05, 0) is 37.1 Å². The first-order valence-corrected chi connectivity index (χ1v) is 16.9. The van der Waals surface area contributed by atoms with Gasteiger partial charge in [-0.2, -0.15) is 0 Å². The minimum absolute atomic E-state index is 0.0922. The first-order chi connectivity index (χ1) is 23.2. The van der Waals surface area contributed by atoms with Crippen LogP contribution in [0.2, 0.25) is 10.0 Å². The van der Waals surface area contributed by atoms with Gasteiger partial charge < -0.3 is 31.1 Å². The van der Waals surface area contributed by atoms with E-state index < -0.39 is 5.97 Å². The lowest BCUT2D eigenvalue weighted by Gasteiger charge is -2.17. The number of benzene rings is 2. The second-order valence-electron chi connectivity index (χ2n) is 11.3. The number of anilines is 2. The molecular weight excluding hydrogens is 673 g/mol. The molecule has 6 rings (SSSR count). The Hall–Kier alpha value is -4.33. The average molecular weight is 707 g/mol. The van der Waals surface area contributed by atoms with Crippen LogP contribution in [0.15, 0.2) is 54.7 Å². The number of aromatic nitrogens is 3. The topological polar surface area (TPSA) is 150 Å². The highest BCUT2D eigenvalue weighted by Gasteiger charge is 2.22. The summed E-state index contributed by atoms with van der Waals surface area (Å²) in [6, 6.07) is 15.4. The fourth-order valence-electron chi connectivity index (χ4n) is 5.64. The summed E-state index contributed by atoms with van der Waals surface area (Å²) in [6.07, 6.45) is 3.08. The summed E-state index contributed by atoms with van der Waals surface area (Å²) >= 11 is 15.6. The molecule has 0 radical (unpaired) electrons. The largest absolute Gasteiger partial charge is 0.481 e. The van der Waals surface area contributed by atoms with E-state index in [2.05, 4.69) is 31.2 Å². The lowest BCUT2D eigenvalue weighted by atomic mass is 9.99. The molecule has 4 heterocycles. The Morgan fingerprint density at radius 3 is 2.58 bits per heavy atom. The van der Waals surface area contributed by atoms with Crippen LogP contribution in [0.3, 0.4) is 0 Å². The lowest BCUT2D eigenvalue weighted by molar-refractivity contribution is -0.136. The van der Waals surface area contributed by atoms with Gasteiger partial charge in [-0.15, -0.1) is 11.3 Å². The van der Waals surface area contributed by atoms with Crippen LogP contribution in [0.25, 0.3) is 32.6 Å². The molecule has 1 aliphatic rings. The zero-order chi connectivity index (χ0) is 33.8. The average Bonchev–Trinajstić information content (AvgIpc) is 3.68. The summed E-state index contributed by atoms with van der Waals surface area (Å²) in [7, 11) is 1.60. The van der Waals surface area contributed by atoms with Crippen molar-refractivity contribution in [3.8, 4) is 28.3 Å². The summed E-state index contributed by atoms with van der Waals surface area (Å²) in [5.41, 5.74) is 6.08. The maximum absolute atomic E-state index is 11.5. The molecule has 11 nitrogen and oxygen atoms in total. The van der Waals surface area contributed by atoms with Crippen molar-refractivity contribution < 1.29 is 19.4 Å². The monoisotopic (exact) mass is 705 g/mol. The van der Waals surface area contributed by atoms with Gasteiger partial charge in [0.25, 0.3) is 0 Å². The smallest absolute Gasteiger partial charge is 0.317 e. The molecule has 5 aromatic rings. The standard InChI is InChI=1S/C34H33Cl2N7O4S/c1-18-13-25(42-34(47-2)23(18)15-37-14-19-9-10-27(44)40-19)22-7-3-5-20(30(22)35)21-6-4-8-24(31(21)36)41-33-32-26(11-12-39-33)48-28(43-32)16-38-17-29(45)46/h3-8,11-13,19,37-38H,9-10,14-17H2,1-2H3,(H,39,41)(H,40,44)(H,45,46)/t19-/m0/s1. The predicted octanol–water partition coefficient (Wildman–Crippen LogP) is 6.33. The Kier molecular flexibility index (Phi) is 10.4. The van der Waals surface area contributed by atoms with Crippen molar-refractivity contribution in [3.63, 3.8) is 0 Å². The number of aryl methyl sites for hydroxylation is 1. The van der Waals surface area contributed by atoms with E-state index in [1.807, 2.05) is 55.5 Å². The second-order valence-corrected chi connectivity index (χ2v) is 13.2. The number of pyridine rings is 2. The molecule has 1 fully saturated rings. The number of rotatable bonds is 13. The SMILES string of the molecule is COc1nc(-c2cccc(-c3cccc(Nc4nccc5sc(CNCC(=O)O)nc45)c3Cl)c2Cl)cc(C)c1CNC[C@@H]1CCC(=O)N1. The second kappa shape index (κ2) is 14.8. The van der Waals surface area contributed by atoms with Crippen LogP contribution in [0.4, 0.5) is 11.5 Å². The van der Waals surface area contributed by atoms with Crippen molar-refractivity contribution in [3.05, 3.63) is 80.9 Å². The Bertz CT molecular complexity index is 2000. The summed E-state index contributed by atoms with van der Waals surface area (Å²) in [5, 5.41) is 23.2. The van der Waals surface area contributed by atoms with E-state index in [4.69, 9.17) is 38.0 Å². The van der Waals surface area contributed by atoms with Gasteiger partial charge in [-0.1, -0.05) is 53.5 Å². The number of nitrogens with zero attached hydrogens (tertiary/aromatic N) is 3. The van der Waals surface area contributed by atoms with Crippen molar-refractivity contribution in [2.45, 2.75) is 38.9 Å². The molecule has 48 heavy (non-hydrogen) atoms. The highest BCUT2D eigenvalue weighted by Crippen LogP contribution is 2.42. The number of hydrogen-bond acceptors (Lipinski definition) is 10. The number of carboxylic acids is 1. The van der Waals surface area contributed by atoms with Crippen LogP contribution < -0.4 is 26.0 Å². The molecule has 1 saturated heterocycles. The number of amides is 1. The Labute approximate surface area is 291 Å². The summed E-state index contributed by atoms with van der Waals surface area (Å²) in [6.45, 7) is 3.40. The first kappa shape index (κ1) is 33.6. The zero-order valence-electron chi connectivity index (χ0n) is 26.2. The molecule has 2 aromatic carbocycles. The molecule has 0 unspecified atom stereocenters. The highest BCUT2D eigenvalue weighted by atomic mass is 35.5. The molecule has 0 aliphatic carbocycles. The van der Waals surface area contributed by atoms with Gasteiger partial charge in [-0.3, -0.25) is 9.59 Å². The zero-order valence-corrected chi connectivity index (χ0v) is 28.5. The number of ether oxygens (including phenoxy) is 1. The minimum atomic E-state index is -0.929. The van der Waals surface area contributed by atoms with Crippen LogP contribution in [0, 0.1) is 6.92 Å². The number of fused-ring (bicyclic) bond motifs is 1. The van der Waals surface area contributed by atoms with Crippen molar-refractivity contribution >= 4 is 68.1 Å². The molecule has 1 aliphatic heterocycles.